The van der Waals surface area contributed by atoms with E-state index in [0.717, 1.165) is 55.8 Å². The lowest BCUT2D eigenvalue weighted by Gasteiger charge is -2.35. The van der Waals surface area contributed by atoms with Crippen molar-refractivity contribution in [1.29, 1.82) is 0 Å². The van der Waals surface area contributed by atoms with Gasteiger partial charge in [-0.1, -0.05) is 6.07 Å². The summed E-state index contributed by atoms with van der Waals surface area (Å²) in [6.45, 7) is 5.51. The molecule has 7 nitrogen and oxygen atoms in total. The van der Waals surface area contributed by atoms with Crippen LogP contribution in [0.5, 0.6) is 0 Å². The first-order valence-electron chi connectivity index (χ1n) is 9.64. The summed E-state index contributed by atoms with van der Waals surface area (Å²) in [4.78, 5) is 33.8. The summed E-state index contributed by atoms with van der Waals surface area (Å²) in [6, 6.07) is 7.02. The molecule has 0 N–H and O–H groups in total. The molecule has 2 aromatic rings. The van der Waals surface area contributed by atoms with E-state index in [-0.39, 0.29) is 11.5 Å². The van der Waals surface area contributed by atoms with Crippen LogP contribution in [0.2, 0.25) is 0 Å². The fourth-order valence-electron chi connectivity index (χ4n) is 3.91. The van der Waals surface area contributed by atoms with Gasteiger partial charge < -0.3 is 4.90 Å². The highest BCUT2D eigenvalue weighted by Crippen LogP contribution is 2.19. The highest BCUT2D eigenvalue weighted by molar-refractivity contribution is 5.80. The summed E-state index contributed by atoms with van der Waals surface area (Å²) in [5.41, 5.74) is 2.87. The zero-order chi connectivity index (χ0) is 18.8. The topological polar surface area (TPSA) is 71.3 Å². The Bertz CT molecular complexity index is 872. The number of fused-ring (bicyclic) bond motifs is 1. The second-order valence-electron chi connectivity index (χ2n) is 7.35. The fraction of sp³-hybridized carbons (Fsp3) is 0.500. The van der Waals surface area contributed by atoms with Crippen molar-refractivity contribution >= 4 is 5.91 Å². The van der Waals surface area contributed by atoms with Crippen LogP contribution in [0.3, 0.4) is 0 Å². The van der Waals surface area contributed by atoms with Crippen molar-refractivity contribution in [2.45, 2.75) is 38.8 Å². The zero-order valence-corrected chi connectivity index (χ0v) is 15.7. The monoisotopic (exact) mass is 367 g/mol. The highest BCUT2D eigenvalue weighted by Gasteiger charge is 2.28. The molecule has 1 aliphatic carbocycles. The molecular formula is C20H25N5O2. The van der Waals surface area contributed by atoms with Crippen LogP contribution in [0, 0.1) is 0 Å². The third kappa shape index (κ3) is 3.78. The number of rotatable bonds is 4. The van der Waals surface area contributed by atoms with Crippen LogP contribution in [-0.2, 0) is 24.2 Å². The van der Waals surface area contributed by atoms with Gasteiger partial charge in [0.15, 0.2) is 0 Å². The second kappa shape index (κ2) is 7.60. The molecule has 0 aromatic carbocycles. The summed E-state index contributed by atoms with van der Waals surface area (Å²) in [5.74, 6) is -0.0277. The molecule has 1 fully saturated rings. The maximum atomic E-state index is 12.9. The minimum atomic E-state index is -0.564. The fourth-order valence-corrected chi connectivity index (χ4v) is 3.91. The van der Waals surface area contributed by atoms with Crippen LogP contribution >= 0.6 is 0 Å². The van der Waals surface area contributed by atoms with Gasteiger partial charge in [0.25, 0.3) is 5.56 Å². The Hall–Kier alpha value is -2.54. The van der Waals surface area contributed by atoms with Crippen molar-refractivity contribution in [2.24, 2.45) is 0 Å². The standard InChI is InChI=1S/C20H25N5O2/c1-15(25-19(26)13-16-5-4-7-18(16)22-25)20(27)24-11-9-23(10-12-24)14-17-6-2-3-8-21-17/h2-3,6,8,13,15H,4-5,7,9-12,14H2,1H3. The Kier molecular flexibility index (Phi) is 5.03. The van der Waals surface area contributed by atoms with E-state index in [0.29, 0.717) is 13.1 Å². The lowest BCUT2D eigenvalue weighted by Crippen LogP contribution is -2.50. The van der Waals surface area contributed by atoms with E-state index in [1.165, 1.54) is 4.68 Å². The molecule has 0 saturated carbocycles. The van der Waals surface area contributed by atoms with Crippen LogP contribution in [0.25, 0.3) is 0 Å². The van der Waals surface area contributed by atoms with Gasteiger partial charge in [0.1, 0.15) is 6.04 Å². The molecule has 1 atom stereocenters. The van der Waals surface area contributed by atoms with E-state index >= 15 is 0 Å². The quantitative estimate of drug-likeness (QED) is 0.807. The summed E-state index contributed by atoms with van der Waals surface area (Å²) < 4.78 is 1.37. The first-order valence-corrected chi connectivity index (χ1v) is 9.64. The largest absolute Gasteiger partial charge is 0.338 e. The summed E-state index contributed by atoms with van der Waals surface area (Å²) in [7, 11) is 0. The van der Waals surface area contributed by atoms with E-state index in [4.69, 9.17) is 0 Å². The van der Waals surface area contributed by atoms with Gasteiger partial charge in [0.05, 0.1) is 11.4 Å². The van der Waals surface area contributed by atoms with Gasteiger partial charge >= 0.3 is 0 Å². The first-order chi connectivity index (χ1) is 13.1. The molecule has 1 amide bonds. The highest BCUT2D eigenvalue weighted by atomic mass is 16.2. The molecule has 0 spiro atoms. The average molecular weight is 367 g/mol. The normalized spacial score (nSPS) is 18.3. The maximum Gasteiger partial charge on any atom is 0.267 e. The minimum Gasteiger partial charge on any atom is -0.338 e. The van der Waals surface area contributed by atoms with E-state index in [2.05, 4.69) is 15.0 Å². The molecule has 1 saturated heterocycles. The molecular weight excluding hydrogens is 342 g/mol. The molecule has 2 aromatic heterocycles. The molecule has 7 heteroatoms. The number of nitrogens with zero attached hydrogens (tertiary/aromatic N) is 5. The van der Waals surface area contributed by atoms with Gasteiger partial charge in [-0.05, 0) is 43.9 Å². The maximum absolute atomic E-state index is 12.9. The summed E-state index contributed by atoms with van der Waals surface area (Å²) in [6.07, 6.45) is 4.65. The molecule has 1 unspecified atom stereocenters. The number of amides is 1. The number of hydrogen-bond acceptors (Lipinski definition) is 5. The van der Waals surface area contributed by atoms with Crippen LogP contribution in [0.1, 0.15) is 36.3 Å². The Morgan fingerprint density at radius 3 is 2.74 bits per heavy atom. The third-order valence-electron chi connectivity index (χ3n) is 5.50. The number of pyridine rings is 1. The van der Waals surface area contributed by atoms with E-state index in [9.17, 15) is 9.59 Å². The van der Waals surface area contributed by atoms with Gasteiger partial charge in [-0.2, -0.15) is 5.10 Å². The van der Waals surface area contributed by atoms with Gasteiger partial charge in [-0.25, -0.2) is 4.68 Å². The molecule has 2 aliphatic rings. The molecule has 27 heavy (non-hydrogen) atoms. The first kappa shape index (κ1) is 17.9. The number of carbonyl (C=O) groups is 1. The molecule has 1 aliphatic heterocycles. The lowest BCUT2D eigenvalue weighted by molar-refractivity contribution is -0.136. The number of piperazine rings is 1. The molecule has 0 radical (unpaired) electrons. The second-order valence-corrected chi connectivity index (χ2v) is 7.35. The molecule has 3 heterocycles. The Labute approximate surface area is 158 Å². The van der Waals surface area contributed by atoms with E-state index in [1.54, 1.807) is 19.2 Å². The predicted molar refractivity (Wildman–Crippen MR) is 101 cm³/mol. The van der Waals surface area contributed by atoms with Crippen LogP contribution in [0.4, 0.5) is 0 Å². The van der Waals surface area contributed by atoms with Crippen LogP contribution in [-0.4, -0.2) is 56.7 Å². The van der Waals surface area contributed by atoms with Crippen molar-refractivity contribution in [2.75, 3.05) is 26.2 Å². The SMILES string of the molecule is CC(C(=O)N1CCN(Cc2ccccn2)CC1)n1nc2c(cc1=O)CCC2. The van der Waals surface area contributed by atoms with Gasteiger partial charge in [-0.3, -0.25) is 19.5 Å². The minimum absolute atomic E-state index is 0.0277. The lowest BCUT2D eigenvalue weighted by atomic mass is 10.2. The van der Waals surface area contributed by atoms with Crippen molar-refractivity contribution < 1.29 is 4.79 Å². The Morgan fingerprint density at radius 2 is 2.00 bits per heavy atom. The average Bonchev–Trinajstić information content (AvgIpc) is 3.15. The van der Waals surface area contributed by atoms with Crippen molar-refractivity contribution in [3.8, 4) is 0 Å². The van der Waals surface area contributed by atoms with Crippen molar-refractivity contribution in [3.63, 3.8) is 0 Å². The smallest absolute Gasteiger partial charge is 0.267 e. The molecule has 142 valence electrons. The van der Waals surface area contributed by atoms with Crippen LogP contribution in [0.15, 0.2) is 35.3 Å². The van der Waals surface area contributed by atoms with Gasteiger partial charge in [-0.15, -0.1) is 0 Å². The van der Waals surface area contributed by atoms with Crippen molar-refractivity contribution in [3.05, 3.63) is 57.8 Å². The number of aromatic nitrogens is 3. The van der Waals surface area contributed by atoms with E-state index < -0.39 is 6.04 Å². The summed E-state index contributed by atoms with van der Waals surface area (Å²) in [5, 5.41) is 4.48. The van der Waals surface area contributed by atoms with Gasteiger partial charge in [0, 0.05) is 45.0 Å². The van der Waals surface area contributed by atoms with E-state index in [1.807, 2.05) is 23.1 Å². The molecule has 4 rings (SSSR count). The number of hydrogen-bond donors (Lipinski definition) is 0. The number of aryl methyl sites for hydroxylation is 2. The zero-order valence-electron chi connectivity index (χ0n) is 15.7. The van der Waals surface area contributed by atoms with Gasteiger partial charge in [0.2, 0.25) is 5.91 Å². The Balaban J connectivity index is 1.38. The molecule has 0 bridgehead atoms. The Morgan fingerprint density at radius 1 is 1.19 bits per heavy atom. The number of carbonyl (C=O) groups excluding carboxylic acids is 1. The third-order valence-corrected chi connectivity index (χ3v) is 5.50. The summed E-state index contributed by atoms with van der Waals surface area (Å²) >= 11 is 0. The van der Waals surface area contributed by atoms with Crippen molar-refractivity contribution in [1.82, 2.24) is 24.6 Å². The van der Waals surface area contributed by atoms with Crippen LogP contribution < -0.4 is 5.56 Å². The predicted octanol–water partition coefficient (Wildman–Crippen LogP) is 1.03.